The van der Waals surface area contributed by atoms with Crippen LogP contribution in [-0.4, -0.2) is 49.3 Å². The second-order valence-electron chi connectivity index (χ2n) is 7.19. The van der Waals surface area contributed by atoms with Crippen molar-refractivity contribution in [1.82, 2.24) is 0 Å². The Morgan fingerprint density at radius 1 is 0.862 bits per heavy atom. The fourth-order valence-corrected chi connectivity index (χ4v) is 3.66. The molecule has 1 aliphatic carbocycles. The minimum absolute atomic E-state index is 0.293. The lowest BCUT2D eigenvalue weighted by Gasteiger charge is -2.44. The van der Waals surface area contributed by atoms with Crippen LogP contribution in [0.3, 0.4) is 0 Å². The fraction of sp³-hybridized carbons (Fsp3) is 0.417. The zero-order valence-electron chi connectivity index (χ0n) is 16.9. The number of hydrogen-bond acceptors (Lipinski definition) is 5. The van der Waals surface area contributed by atoms with Crippen LogP contribution in [0.5, 0.6) is 0 Å². The Morgan fingerprint density at radius 3 is 1.93 bits per heavy atom. The van der Waals surface area contributed by atoms with Crippen LogP contribution in [0.4, 0.5) is 0 Å². The maximum absolute atomic E-state index is 10.7. The first-order valence-corrected chi connectivity index (χ1v) is 9.97. The topological polar surface area (TPSA) is 57.2 Å². The third kappa shape index (κ3) is 5.98. The maximum atomic E-state index is 10.7. The lowest BCUT2D eigenvalue weighted by Crippen LogP contribution is -2.59. The highest BCUT2D eigenvalue weighted by Crippen LogP contribution is 2.31. The second kappa shape index (κ2) is 11.2. The van der Waals surface area contributed by atoms with Crippen molar-refractivity contribution < 1.29 is 24.1 Å². The van der Waals surface area contributed by atoms with Crippen LogP contribution in [0, 0.1) is 0 Å². The van der Waals surface area contributed by atoms with Gasteiger partial charge in [0.15, 0.2) is 0 Å². The summed E-state index contributed by atoms with van der Waals surface area (Å²) in [6.07, 6.45) is -0.291. The molecule has 156 valence electrons. The van der Waals surface area contributed by atoms with Crippen molar-refractivity contribution in [3.8, 4) is 0 Å². The molecule has 0 heterocycles. The van der Waals surface area contributed by atoms with Gasteiger partial charge in [0.1, 0.15) is 18.3 Å². The molecular weight excluding hydrogens is 368 g/mol. The second-order valence-corrected chi connectivity index (χ2v) is 7.19. The van der Waals surface area contributed by atoms with Gasteiger partial charge in [-0.1, -0.05) is 66.7 Å². The van der Waals surface area contributed by atoms with Gasteiger partial charge in [0.2, 0.25) is 0 Å². The molecule has 1 aliphatic rings. The zero-order valence-corrected chi connectivity index (χ0v) is 16.9. The molecule has 0 spiro atoms. The van der Waals surface area contributed by atoms with E-state index in [1.54, 1.807) is 13.2 Å². The van der Waals surface area contributed by atoms with Crippen LogP contribution < -0.4 is 0 Å². The Kier molecular flexibility index (Phi) is 8.40. The van der Waals surface area contributed by atoms with E-state index in [1.807, 2.05) is 60.7 Å². The van der Waals surface area contributed by atoms with Crippen molar-refractivity contribution in [3.05, 3.63) is 84.4 Å². The molecule has 29 heavy (non-hydrogen) atoms. The smallest absolute Gasteiger partial charge is 0.115 e. The van der Waals surface area contributed by atoms with Crippen molar-refractivity contribution in [3.63, 3.8) is 0 Å². The van der Waals surface area contributed by atoms with Gasteiger partial charge in [-0.05, 0) is 11.1 Å². The lowest BCUT2D eigenvalue weighted by atomic mass is 9.86. The summed E-state index contributed by atoms with van der Waals surface area (Å²) in [6.45, 7) is 4.87. The molecule has 1 N–H and O–H groups in total. The van der Waals surface area contributed by atoms with Gasteiger partial charge in [-0.15, -0.1) is 6.58 Å². The molecule has 0 aliphatic heterocycles. The fourth-order valence-electron chi connectivity index (χ4n) is 3.66. The summed E-state index contributed by atoms with van der Waals surface area (Å²) in [6, 6.07) is 19.9. The zero-order chi connectivity index (χ0) is 20.5. The summed E-state index contributed by atoms with van der Waals surface area (Å²) >= 11 is 0. The molecule has 1 fully saturated rings. The van der Waals surface area contributed by atoms with Crippen molar-refractivity contribution >= 4 is 0 Å². The van der Waals surface area contributed by atoms with E-state index in [0.29, 0.717) is 26.2 Å². The third-order valence-electron chi connectivity index (χ3n) is 5.15. The highest BCUT2D eigenvalue weighted by Gasteiger charge is 2.47. The number of aliphatic hydroxyl groups is 1. The van der Waals surface area contributed by atoms with Gasteiger partial charge in [-0.3, -0.25) is 0 Å². The Labute approximate surface area is 172 Å². The number of rotatable bonds is 10. The maximum Gasteiger partial charge on any atom is 0.115 e. The van der Waals surface area contributed by atoms with Gasteiger partial charge >= 0.3 is 0 Å². The SMILES string of the molecule is C=CCO[C@H]1[C@H](OCc2ccccc2)[C@@H](OCc2ccccc2)[C@@H](OC)C[C@H]1O. The quantitative estimate of drug-likeness (QED) is 0.621. The van der Waals surface area contributed by atoms with E-state index in [-0.39, 0.29) is 12.2 Å². The summed E-state index contributed by atoms with van der Waals surface area (Å²) < 4.78 is 24.1. The van der Waals surface area contributed by atoms with Crippen molar-refractivity contribution in [2.24, 2.45) is 0 Å². The third-order valence-corrected chi connectivity index (χ3v) is 5.15. The number of hydrogen-bond donors (Lipinski definition) is 1. The molecule has 5 heteroatoms. The summed E-state index contributed by atoms with van der Waals surface area (Å²) in [5.41, 5.74) is 2.12. The summed E-state index contributed by atoms with van der Waals surface area (Å²) in [5, 5.41) is 10.7. The van der Waals surface area contributed by atoms with E-state index >= 15 is 0 Å². The van der Waals surface area contributed by atoms with E-state index in [4.69, 9.17) is 18.9 Å². The van der Waals surface area contributed by atoms with Crippen molar-refractivity contribution in [2.75, 3.05) is 13.7 Å². The van der Waals surface area contributed by atoms with E-state index in [0.717, 1.165) is 11.1 Å². The van der Waals surface area contributed by atoms with Crippen LogP contribution >= 0.6 is 0 Å². The minimum Gasteiger partial charge on any atom is -0.390 e. The standard InChI is InChI=1S/C24H30O5/c1-3-14-27-22-20(25)15-21(26-2)23(28-16-18-10-6-4-7-11-18)24(22)29-17-19-12-8-5-9-13-19/h3-13,20-25H,1,14-17H2,2H3/t20-,21+,22-,23+,24+/m1/s1. The Balaban J connectivity index is 1.78. The molecule has 0 amide bonds. The normalized spacial score (nSPS) is 26.9. The predicted molar refractivity (Wildman–Crippen MR) is 111 cm³/mol. The highest BCUT2D eigenvalue weighted by atomic mass is 16.6. The van der Waals surface area contributed by atoms with Gasteiger partial charge in [0, 0.05) is 13.5 Å². The molecule has 0 bridgehead atoms. The van der Waals surface area contributed by atoms with Gasteiger partial charge in [-0.2, -0.15) is 0 Å². The first-order valence-electron chi connectivity index (χ1n) is 9.97. The predicted octanol–water partition coefficient (Wildman–Crippen LogP) is 3.51. The first-order chi connectivity index (χ1) is 14.2. The largest absolute Gasteiger partial charge is 0.390 e. The lowest BCUT2D eigenvalue weighted by molar-refractivity contribution is -0.230. The van der Waals surface area contributed by atoms with Gasteiger partial charge in [0.25, 0.3) is 0 Å². The monoisotopic (exact) mass is 398 g/mol. The molecule has 2 aromatic rings. The molecule has 0 radical (unpaired) electrons. The van der Waals surface area contributed by atoms with Crippen LogP contribution in [0.15, 0.2) is 73.3 Å². The van der Waals surface area contributed by atoms with E-state index in [9.17, 15) is 5.11 Å². The summed E-state index contributed by atoms with van der Waals surface area (Å²) in [4.78, 5) is 0. The van der Waals surface area contributed by atoms with Crippen LogP contribution in [-0.2, 0) is 32.2 Å². The van der Waals surface area contributed by atoms with Crippen LogP contribution in [0.1, 0.15) is 17.5 Å². The highest BCUT2D eigenvalue weighted by molar-refractivity contribution is 5.14. The average Bonchev–Trinajstić information content (AvgIpc) is 2.77. The first kappa shape index (κ1) is 21.7. The number of aliphatic hydroxyl groups excluding tert-OH is 1. The molecule has 5 atom stereocenters. The molecule has 2 aromatic carbocycles. The molecule has 5 nitrogen and oxygen atoms in total. The van der Waals surface area contributed by atoms with E-state index in [2.05, 4.69) is 6.58 Å². The molecular formula is C24H30O5. The minimum atomic E-state index is -0.711. The van der Waals surface area contributed by atoms with Gasteiger partial charge in [-0.25, -0.2) is 0 Å². The number of benzene rings is 2. The molecule has 0 aromatic heterocycles. The van der Waals surface area contributed by atoms with Gasteiger partial charge in [0.05, 0.1) is 32.0 Å². The number of methoxy groups -OCH3 is 1. The Hall–Kier alpha value is -2.02. The summed E-state index contributed by atoms with van der Waals surface area (Å²) in [7, 11) is 1.63. The molecule has 0 unspecified atom stereocenters. The van der Waals surface area contributed by atoms with Crippen molar-refractivity contribution in [1.29, 1.82) is 0 Å². The Bertz CT molecular complexity index is 721. The van der Waals surface area contributed by atoms with E-state index < -0.39 is 18.3 Å². The van der Waals surface area contributed by atoms with Crippen LogP contribution in [0.25, 0.3) is 0 Å². The Morgan fingerprint density at radius 2 is 1.41 bits per heavy atom. The molecule has 1 saturated carbocycles. The molecule has 0 saturated heterocycles. The molecule has 3 rings (SSSR count). The van der Waals surface area contributed by atoms with Crippen LogP contribution in [0.2, 0.25) is 0 Å². The average molecular weight is 398 g/mol. The van der Waals surface area contributed by atoms with E-state index in [1.165, 1.54) is 0 Å². The van der Waals surface area contributed by atoms with Crippen molar-refractivity contribution in [2.45, 2.75) is 50.2 Å². The summed E-state index contributed by atoms with van der Waals surface area (Å²) in [5.74, 6) is 0. The number of ether oxygens (including phenoxy) is 4. The van der Waals surface area contributed by atoms with Gasteiger partial charge < -0.3 is 24.1 Å².